The molecule has 0 bridgehead atoms. The van der Waals surface area contributed by atoms with E-state index in [4.69, 9.17) is 9.15 Å². The van der Waals surface area contributed by atoms with E-state index in [0.29, 0.717) is 29.5 Å². The maximum Gasteiger partial charge on any atom is 0.228 e. The molecule has 0 saturated carbocycles. The monoisotopic (exact) mass is 378 g/mol. The fourth-order valence-electron chi connectivity index (χ4n) is 3.02. The molecule has 0 aliphatic carbocycles. The lowest BCUT2D eigenvalue weighted by Gasteiger charge is -2.23. The van der Waals surface area contributed by atoms with Crippen molar-refractivity contribution in [3.63, 3.8) is 0 Å². The van der Waals surface area contributed by atoms with Crippen LogP contribution in [0.25, 0.3) is 11.5 Å². The molecular weight excluding hydrogens is 356 g/mol. The second kappa shape index (κ2) is 7.11. The number of ether oxygens (including phenoxy) is 1. The Kier molecular flexibility index (Phi) is 5.04. The fourth-order valence-corrected chi connectivity index (χ4v) is 4.80. The van der Waals surface area contributed by atoms with Crippen LogP contribution in [0.15, 0.2) is 28.7 Å². The number of aryl methyl sites for hydroxylation is 1. The lowest BCUT2D eigenvalue weighted by molar-refractivity contribution is -0.130. The first kappa shape index (κ1) is 18.4. The largest absolute Gasteiger partial charge is 0.497 e. The van der Waals surface area contributed by atoms with E-state index in [9.17, 15) is 13.2 Å². The second-order valence-corrected chi connectivity index (χ2v) is 8.72. The zero-order valence-electron chi connectivity index (χ0n) is 15.1. The van der Waals surface area contributed by atoms with Crippen molar-refractivity contribution in [2.24, 2.45) is 0 Å². The molecule has 1 atom stereocenters. The third-order valence-corrected chi connectivity index (χ3v) is 6.43. The molecule has 1 aliphatic rings. The Morgan fingerprint density at radius 1 is 1.42 bits per heavy atom. The molecule has 1 saturated heterocycles. The number of rotatable bonds is 5. The van der Waals surface area contributed by atoms with Crippen molar-refractivity contribution in [3.05, 3.63) is 35.7 Å². The van der Waals surface area contributed by atoms with Gasteiger partial charge in [-0.2, -0.15) is 0 Å². The maximum absolute atomic E-state index is 12.5. The van der Waals surface area contributed by atoms with Gasteiger partial charge in [-0.25, -0.2) is 13.4 Å². The van der Waals surface area contributed by atoms with Gasteiger partial charge < -0.3 is 14.1 Å². The normalized spacial score (nSPS) is 18.7. The Balaban J connectivity index is 1.74. The molecule has 140 valence electrons. The number of sulfone groups is 1. The van der Waals surface area contributed by atoms with E-state index in [0.717, 1.165) is 5.56 Å². The number of nitrogens with zero attached hydrogens (tertiary/aromatic N) is 2. The number of aromatic nitrogens is 1. The Morgan fingerprint density at radius 2 is 2.19 bits per heavy atom. The van der Waals surface area contributed by atoms with Crippen LogP contribution in [-0.4, -0.2) is 55.9 Å². The van der Waals surface area contributed by atoms with Gasteiger partial charge in [-0.1, -0.05) is 6.07 Å². The molecule has 1 unspecified atom stereocenters. The molecule has 2 aromatic rings. The van der Waals surface area contributed by atoms with Crippen molar-refractivity contribution < 1.29 is 22.4 Å². The first-order valence-electron chi connectivity index (χ1n) is 8.36. The summed E-state index contributed by atoms with van der Waals surface area (Å²) in [6, 6.07) is 7.07. The number of benzene rings is 1. The number of amides is 1. The van der Waals surface area contributed by atoms with Crippen LogP contribution >= 0.6 is 0 Å². The van der Waals surface area contributed by atoms with Gasteiger partial charge in [0, 0.05) is 18.7 Å². The summed E-state index contributed by atoms with van der Waals surface area (Å²) in [6.45, 7) is 1.76. The SMILES string of the molecule is COc1cccc(-c2nc(CC(=O)N(C)C3CCS(=O)(=O)C3)c(C)o2)c1. The summed E-state index contributed by atoms with van der Waals surface area (Å²) in [4.78, 5) is 18.5. The van der Waals surface area contributed by atoms with Crippen molar-refractivity contribution in [1.82, 2.24) is 9.88 Å². The third-order valence-electron chi connectivity index (χ3n) is 4.68. The average Bonchev–Trinajstić information content (AvgIpc) is 3.16. The van der Waals surface area contributed by atoms with Gasteiger partial charge in [0.25, 0.3) is 0 Å². The average molecular weight is 378 g/mol. The molecule has 3 rings (SSSR count). The molecule has 26 heavy (non-hydrogen) atoms. The number of likely N-dealkylation sites (N-methyl/N-ethyl adjacent to an activating group) is 1. The predicted octanol–water partition coefficient (Wildman–Crippen LogP) is 1.85. The van der Waals surface area contributed by atoms with Crippen LogP contribution in [0.5, 0.6) is 5.75 Å². The van der Waals surface area contributed by atoms with Gasteiger partial charge in [0.05, 0.1) is 30.7 Å². The van der Waals surface area contributed by atoms with Crippen molar-refractivity contribution >= 4 is 15.7 Å². The molecule has 1 amide bonds. The number of hydrogen-bond acceptors (Lipinski definition) is 6. The molecule has 1 aromatic carbocycles. The van der Waals surface area contributed by atoms with Gasteiger partial charge in [-0.05, 0) is 31.5 Å². The highest BCUT2D eigenvalue weighted by atomic mass is 32.2. The number of oxazole rings is 1. The highest BCUT2D eigenvalue weighted by Gasteiger charge is 2.33. The highest BCUT2D eigenvalue weighted by Crippen LogP contribution is 2.26. The second-order valence-electron chi connectivity index (χ2n) is 6.49. The van der Waals surface area contributed by atoms with E-state index in [2.05, 4.69) is 4.98 Å². The van der Waals surface area contributed by atoms with Gasteiger partial charge in [-0.15, -0.1) is 0 Å². The van der Waals surface area contributed by atoms with Crippen LogP contribution in [-0.2, 0) is 21.1 Å². The van der Waals surface area contributed by atoms with E-state index in [1.54, 1.807) is 21.1 Å². The summed E-state index contributed by atoms with van der Waals surface area (Å²) in [5.41, 5.74) is 1.32. The van der Waals surface area contributed by atoms with E-state index in [-0.39, 0.29) is 29.9 Å². The highest BCUT2D eigenvalue weighted by molar-refractivity contribution is 7.91. The Bertz CT molecular complexity index is 919. The van der Waals surface area contributed by atoms with Crippen molar-refractivity contribution in [3.8, 4) is 17.2 Å². The smallest absolute Gasteiger partial charge is 0.228 e. The minimum Gasteiger partial charge on any atom is -0.497 e. The summed E-state index contributed by atoms with van der Waals surface area (Å²) in [5, 5.41) is 0. The first-order valence-corrected chi connectivity index (χ1v) is 10.2. The predicted molar refractivity (Wildman–Crippen MR) is 96.8 cm³/mol. The Labute approximate surface area is 152 Å². The molecule has 0 spiro atoms. The molecule has 1 aromatic heterocycles. The van der Waals surface area contributed by atoms with Crippen LogP contribution in [0, 0.1) is 6.92 Å². The van der Waals surface area contributed by atoms with E-state index < -0.39 is 9.84 Å². The summed E-state index contributed by atoms with van der Waals surface area (Å²) in [7, 11) is 0.198. The van der Waals surface area contributed by atoms with Crippen LogP contribution in [0.1, 0.15) is 17.9 Å². The zero-order valence-corrected chi connectivity index (χ0v) is 15.9. The maximum atomic E-state index is 12.5. The van der Waals surface area contributed by atoms with E-state index in [1.807, 2.05) is 24.3 Å². The molecule has 7 nitrogen and oxygen atoms in total. The summed E-state index contributed by atoms with van der Waals surface area (Å²) < 4.78 is 34.1. The van der Waals surface area contributed by atoms with Gasteiger partial charge in [0.15, 0.2) is 9.84 Å². The van der Waals surface area contributed by atoms with E-state index in [1.165, 1.54) is 4.90 Å². The number of carbonyl (C=O) groups is 1. The first-order chi connectivity index (χ1) is 12.3. The van der Waals surface area contributed by atoms with Gasteiger partial charge in [0.2, 0.25) is 11.8 Å². The number of hydrogen-bond donors (Lipinski definition) is 0. The van der Waals surface area contributed by atoms with Crippen LogP contribution in [0.3, 0.4) is 0 Å². The third kappa shape index (κ3) is 3.90. The molecule has 8 heteroatoms. The van der Waals surface area contributed by atoms with Crippen LogP contribution < -0.4 is 4.74 Å². The zero-order chi connectivity index (χ0) is 18.9. The summed E-state index contributed by atoms with van der Waals surface area (Å²) >= 11 is 0. The molecule has 2 heterocycles. The number of carbonyl (C=O) groups excluding carboxylic acids is 1. The quantitative estimate of drug-likeness (QED) is 0.789. The summed E-state index contributed by atoms with van der Waals surface area (Å²) in [5.74, 6) is 1.69. The molecule has 0 radical (unpaired) electrons. The topological polar surface area (TPSA) is 89.7 Å². The van der Waals surface area contributed by atoms with Crippen molar-refractivity contribution in [2.75, 3.05) is 25.7 Å². The molecule has 0 N–H and O–H groups in total. The van der Waals surface area contributed by atoms with Gasteiger partial charge >= 0.3 is 0 Å². The molecular formula is C18H22N2O5S. The lowest BCUT2D eigenvalue weighted by atomic mass is 10.2. The Morgan fingerprint density at radius 3 is 2.85 bits per heavy atom. The lowest BCUT2D eigenvalue weighted by Crippen LogP contribution is -2.38. The van der Waals surface area contributed by atoms with Gasteiger partial charge in [-0.3, -0.25) is 4.79 Å². The summed E-state index contributed by atoms with van der Waals surface area (Å²) in [6.07, 6.45) is 0.559. The minimum absolute atomic E-state index is 0.0299. The number of methoxy groups -OCH3 is 1. The standard InChI is InChI=1S/C18H22N2O5S/c1-12-16(10-17(21)20(2)14-7-8-26(22,23)11-14)19-18(25-12)13-5-4-6-15(9-13)24-3/h4-6,9,14H,7-8,10-11H2,1-3H3. The fraction of sp³-hybridized carbons (Fsp3) is 0.444. The molecule has 1 aliphatic heterocycles. The molecule has 1 fully saturated rings. The van der Waals surface area contributed by atoms with Crippen LogP contribution in [0.2, 0.25) is 0 Å². The Hall–Kier alpha value is -2.35. The van der Waals surface area contributed by atoms with Crippen molar-refractivity contribution in [1.29, 1.82) is 0 Å². The minimum atomic E-state index is -3.03. The van der Waals surface area contributed by atoms with Crippen molar-refractivity contribution in [2.45, 2.75) is 25.8 Å². The van der Waals surface area contributed by atoms with E-state index >= 15 is 0 Å². The van der Waals surface area contributed by atoms with Crippen LogP contribution in [0.4, 0.5) is 0 Å². The van der Waals surface area contributed by atoms with Gasteiger partial charge in [0.1, 0.15) is 11.5 Å².